The Balaban J connectivity index is 2.27. The van der Waals surface area contributed by atoms with Gasteiger partial charge in [-0.3, -0.25) is 0 Å². The molecular formula is C11H11FN4. The molecule has 0 bridgehead atoms. The molecule has 5 heteroatoms. The van der Waals surface area contributed by atoms with Crippen molar-refractivity contribution < 1.29 is 4.39 Å². The van der Waals surface area contributed by atoms with Crippen LogP contribution < -0.4 is 5.32 Å². The van der Waals surface area contributed by atoms with E-state index in [4.69, 9.17) is 0 Å². The summed E-state index contributed by atoms with van der Waals surface area (Å²) in [5, 5.41) is 3.01. The lowest BCUT2D eigenvalue weighted by Gasteiger charge is -2.08. The summed E-state index contributed by atoms with van der Waals surface area (Å²) in [5.74, 6) is 0.885. The van der Waals surface area contributed by atoms with Gasteiger partial charge >= 0.3 is 0 Å². The second-order valence-corrected chi connectivity index (χ2v) is 3.42. The van der Waals surface area contributed by atoms with E-state index in [1.807, 2.05) is 13.8 Å². The van der Waals surface area contributed by atoms with E-state index in [-0.39, 0.29) is 5.82 Å². The molecule has 2 heterocycles. The van der Waals surface area contributed by atoms with Crippen LogP contribution in [-0.2, 0) is 0 Å². The SMILES string of the molecule is Cc1ncnc(Nc2ccc(F)cn2)c1C. The Kier molecular flexibility index (Phi) is 2.76. The number of nitrogens with zero attached hydrogens (tertiary/aromatic N) is 3. The standard InChI is InChI=1S/C11H11FN4/c1-7-8(2)14-6-15-11(7)16-10-4-3-9(12)5-13-10/h3-6H,1-2H3,(H,13,14,15,16). The molecule has 0 saturated carbocycles. The first kappa shape index (κ1) is 10.5. The van der Waals surface area contributed by atoms with E-state index in [0.717, 1.165) is 17.5 Å². The van der Waals surface area contributed by atoms with Crippen LogP contribution in [0, 0.1) is 19.7 Å². The maximum atomic E-state index is 12.7. The van der Waals surface area contributed by atoms with Crippen LogP contribution in [0.5, 0.6) is 0 Å². The summed E-state index contributed by atoms with van der Waals surface area (Å²) in [7, 11) is 0. The van der Waals surface area contributed by atoms with E-state index < -0.39 is 0 Å². The van der Waals surface area contributed by atoms with Crippen LogP contribution in [0.1, 0.15) is 11.3 Å². The fraction of sp³-hybridized carbons (Fsp3) is 0.182. The lowest BCUT2D eigenvalue weighted by Crippen LogP contribution is -2.01. The number of pyridine rings is 1. The van der Waals surface area contributed by atoms with Gasteiger partial charge in [-0.15, -0.1) is 0 Å². The first-order chi connectivity index (χ1) is 7.66. The molecule has 0 aliphatic carbocycles. The molecule has 0 radical (unpaired) electrons. The Morgan fingerprint density at radius 3 is 2.62 bits per heavy atom. The summed E-state index contributed by atoms with van der Waals surface area (Å²) in [4.78, 5) is 12.1. The van der Waals surface area contributed by atoms with E-state index in [1.54, 1.807) is 6.07 Å². The van der Waals surface area contributed by atoms with Gasteiger partial charge in [0.25, 0.3) is 0 Å². The van der Waals surface area contributed by atoms with Crippen molar-refractivity contribution in [3.8, 4) is 0 Å². The summed E-state index contributed by atoms with van der Waals surface area (Å²) in [5.41, 5.74) is 1.85. The third-order valence-corrected chi connectivity index (χ3v) is 2.31. The quantitative estimate of drug-likeness (QED) is 0.840. The average molecular weight is 218 g/mol. The smallest absolute Gasteiger partial charge is 0.141 e. The first-order valence-electron chi connectivity index (χ1n) is 4.83. The fourth-order valence-electron chi connectivity index (χ4n) is 1.24. The van der Waals surface area contributed by atoms with Gasteiger partial charge in [-0.05, 0) is 26.0 Å². The van der Waals surface area contributed by atoms with Gasteiger partial charge in [0, 0.05) is 11.3 Å². The molecule has 2 aromatic rings. The second-order valence-electron chi connectivity index (χ2n) is 3.42. The zero-order valence-corrected chi connectivity index (χ0v) is 9.03. The maximum Gasteiger partial charge on any atom is 0.141 e. The molecule has 0 aliphatic heterocycles. The monoisotopic (exact) mass is 218 g/mol. The number of rotatable bonds is 2. The van der Waals surface area contributed by atoms with Crippen molar-refractivity contribution in [2.75, 3.05) is 5.32 Å². The van der Waals surface area contributed by atoms with Crippen LogP contribution in [0.25, 0.3) is 0 Å². The van der Waals surface area contributed by atoms with Gasteiger partial charge < -0.3 is 5.32 Å². The molecule has 2 rings (SSSR count). The predicted molar refractivity (Wildman–Crippen MR) is 59.0 cm³/mol. The molecule has 2 aromatic heterocycles. The van der Waals surface area contributed by atoms with E-state index in [0.29, 0.717) is 11.6 Å². The van der Waals surface area contributed by atoms with Crippen molar-refractivity contribution in [2.45, 2.75) is 13.8 Å². The Hall–Kier alpha value is -2.04. The predicted octanol–water partition coefficient (Wildman–Crippen LogP) is 2.37. The summed E-state index contributed by atoms with van der Waals surface area (Å²) in [6, 6.07) is 2.91. The van der Waals surface area contributed by atoms with Crippen molar-refractivity contribution in [2.24, 2.45) is 0 Å². The lowest BCUT2D eigenvalue weighted by atomic mass is 10.2. The minimum Gasteiger partial charge on any atom is -0.325 e. The second kappa shape index (κ2) is 4.22. The molecule has 0 unspecified atom stereocenters. The Morgan fingerprint density at radius 1 is 1.12 bits per heavy atom. The molecule has 4 nitrogen and oxygen atoms in total. The molecule has 16 heavy (non-hydrogen) atoms. The molecule has 82 valence electrons. The van der Waals surface area contributed by atoms with Crippen molar-refractivity contribution in [3.05, 3.63) is 41.7 Å². The largest absolute Gasteiger partial charge is 0.325 e. The molecule has 0 saturated heterocycles. The van der Waals surface area contributed by atoms with Crippen molar-refractivity contribution in [1.82, 2.24) is 15.0 Å². The number of hydrogen-bond acceptors (Lipinski definition) is 4. The normalized spacial score (nSPS) is 10.2. The van der Waals surface area contributed by atoms with Crippen LogP contribution in [0.3, 0.4) is 0 Å². The molecule has 0 spiro atoms. The average Bonchev–Trinajstić information content (AvgIpc) is 2.28. The minimum atomic E-state index is -0.360. The fourth-order valence-corrected chi connectivity index (χ4v) is 1.24. The minimum absolute atomic E-state index is 0.360. The molecular weight excluding hydrogens is 207 g/mol. The maximum absolute atomic E-state index is 12.7. The van der Waals surface area contributed by atoms with Crippen molar-refractivity contribution in [1.29, 1.82) is 0 Å². The van der Waals surface area contributed by atoms with Gasteiger partial charge in [0.2, 0.25) is 0 Å². The van der Waals surface area contributed by atoms with E-state index in [2.05, 4.69) is 20.3 Å². The molecule has 0 atom stereocenters. The van der Waals surface area contributed by atoms with Crippen LogP contribution in [0.15, 0.2) is 24.7 Å². The summed E-state index contributed by atoms with van der Waals surface area (Å²) in [6.45, 7) is 3.82. The third-order valence-electron chi connectivity index (χ3n) is 2.31. The zero-order chi connectivity index (χ0) is 11.5. The van der Waals surface area contributed by atoms with Crippen LogP contribution in [-0.4, -0.2) is 15.0 Å². The topological polar surface area (TPSA) is 50.7 Å². The Morgan fingerprint density at radius 2 is 1.94 bits per heavy atom. The van der Waals surface area contributed by atoms with Crippen molar-refractivity contribution in [3.63, 3.8) is 0 Å². The highest BCUT2D eigenvalue weighted by Gasteiger charge is 2.04. The number of nitrogens with one attached hydrogen (secondary N) is 1. The molecule has 0 aliphatic rings. The van der Waals surface area contributed by atoms with Crippen LogP contribution in [0.2, 0.25) is 0 Å². The van der Waals surface area contributed by atoms with Crippen LogP contribution in [0.4, 0.5) is 16.0 Å². The zero-order valence-electron chi connectivity index (χ0n) is 9.03. The highest BCUT2D eigenvalue weighted by Crippen LogP contribution is 2.17. The third kappa shape index (κ3) is 2.13. The van der Waals surface area contributed by atoms with Gasteiger partial charge in [-0.1, -0.05) is 0 Å². The number of anilines is 2. The van der Waals surface area contributed by atoms with E-state index >= 15 is 0 Å². The molecule has 0 aromatic carbocycles. The summed E-state index contributed by atoms with van der Waals surface area (Å²) in [6.07, 6.45) is 2.64. The van der Waals surface area contributed by atoms with Gasteiger partial charge in [0.1, 0.15) is 23.8 Å². The number of aromatic nitrogens is 3. The molecule has 0 amide bonds. The Bertz CT molecular complexity index is 496. The number of aryl methyl sites for hydroxylation is 1. The van der Waals surface area contributed by atoms with Gasteiger partial charge in [-0.25, -0.2) is 19.3 Å². The first-order valence-corrected chi connectivity index (χ1v) is 4.83. The molecule has 0 fully saturated rings. The number of hydrogen-bond donors (Lipinski definition) is 1. The summed E-state index contributed by atoms with van der Waals surface area (Å²) >= 11 is 0. The highest BCUT2D eigenvalue weighted by atomic mass is 19.1. The van der Waals surface area contributed by atoms with Gasteiger partial charge in [0.15, 0.2) is 0 Å². The lowest BCUT2D eigenvalue weighted by molar-refractivity contribution is 0.622. The van der Waals surface area contributed by atoms with Crippen molar-refractivity contribution >= 4 is 11.6 Å². The van der Waals surface area contributed by atoms with Crippen LogP contribution >= 0.6 is 0 Å². The molecule has 1 N–H and O–H groups in total. The van der Waals surface area contributed by atoms with Gasteiger partial charge in [-0.2, -0.15) is 0 Å². The number of halogens is 1. The van der Waals surface area contributed by atoms with E-state index in [9.17, 15) is 4.39 Å². The van der Waals surface area contributed by atoms with Gasteiger partial charge in [0.05, 0.1) is 6.20 Å². The highest BCUT2D eigenvalue weighted by molar-refractivity contribution is 5.55. The summed E-state index contributed by atoms with van der Waals surface area (Å²) < 4.78 is 12.7. The van der Waals surface area contributed by atoms with E-state index in [1.165, 1.54) is 12.4 Å². The Labute approximate surface area is 92.6 Å².